The molecule has 0 amide bonds. The molecule has 0 radical (unpaired) electrons. The van der Waals surface area contributed by atoms with Crippen LogP contribution in [0.5, 0.6) is 17.2 Å². The van der Waals surface area contributed by atoms with Gasteiger partial charge in [-0.1, -0.05) is 0 Å². The van der Waals surface area contributed by atoms with Crippen LogP contribution in [0.15, 0.2) is 12.1 Å². The average molecular weight is 347 g/mol. The molecule has 0 aliphatic carbocycles. The Morgan fingerprint density at radius 1 is 1.00 bits per heavy atom. The molecule has 1 aromatic rings. The Bertz CT molecular complexity index is 437. The summed E-state index contributed by atoms with van der Waals surface area (Å²) in [6.07, 6.45) is -2.75. The third kappa shape index (κ3) is 4.47. The number of piperazine rings is 1. The molecule has 4 N–H and O–H groups in total. The summed E-state index contributed by atoms with van der Waals surface area (Å²) in [4.78, 5) is 1.51. The summed E-state index contributed by atoms with van der Waals surface area (Å²) >= 11 is 0. The van der Waals surface area contributed by atoms with Gasteiger partial charge in [0.2, 0.25) is 0 Å². The van der Waals surface area contributed by atoms with E-state index in [-0.39, 0.29) is 36.1 Å². The molecule has 0 saturated carbocycles. The van der Waals surface area contributed by atoms with Crippen molar-refractivity contribution in [2.75, 3.05) is 26.2 Å². The molecule has 2 rings (SSSR count). The van der Waals surface area contributed by atoms with Gasteiger partial charge in [0.25, 0.3) is 6.43 Å². The fourth-order valence-corrected chi connectivity index (χ4v) is 2.34. The van der Waals surface area contributed by atoms with Gasteiger partial charge in [0.15, 0.2) is 0 Å². The van der Waals surface area contributed by atoms with Crippen LogP contribution < -0.4 is 5.32 Å². The lowest BCUT2D eigenvalue weighted by Gasteiger charge is -2.35. The second-order valence-electron chi connectivity index (χ2n) is 4.46. The molecule has 1 aliphatic rings. The summed E-state index contributed by atoms with van der Waals surface area (Å²) in [5.74, 6) is -1.42. The number of nitrogens with zero attached hydrogens (tertiary/aromatic N) is 1. The minimum absolute atomic E-state index is 0. The highest BCUT2D eigenvalue weighted by atomic mass is 35.5. The standard InChI is InChI=1S/C12H16F2N2O3.2ClH/c13-12(14)11(16-3-1-15-2-4-16)10-8(18)5-7(17)6-9(10)19;;/h5-6,11-12,15,17-19H,1-4H2;2*1H/t11-;;/m1../s1. The van der Waals surface area contributed by atoms with E-state index in [4.69, 9.17) is 0 Å². The van der Waals surface area contributed by atoms with E-state index < -0.39 is 24.0 Å². The first-order valence-electron chi connectivity index (χ1n) is 5.98. The molecule has 5 nitrogen and oxygen atoms in total. The van der Waals surface area contributed by atoms with Gasteiger partial charge in [0, 0.05) is 38.3 Å². The van der Waals surface area contributed by atoms with E-state index >= 15 is 0 Å². The smallest absolute Gasteiger partial charge is 0.258 e. The monoisotopic (exact) mass is 346 g/mol. The lowest BCUT2D eigenvalue weighted by Crippen LogP contribution is -2.46. The van der Waals surface area contributed by atoms with Crippen LogP contribution in [0.4, 0.5) is 8.78 Å². The van der Waals surface area contributed by atoms with E-state index in [9.17, 15) is 24.1 Å². The van der Waals surface area contributed by atoms with Crippen molar-refractivity contribution in [2.24, 2.45) is 0 Å². The molecule has 1 heterocycles. The highest BCUT2D eigenvalue weighted by Crippen LogP contribution is 2.41. The zero-order chi connectivity index (χ0) is 14.0. The van der Waals surface area contributed by atoms with Gasteiger partial charge in [0.1, 0.15) is 23.3 Å². The van der Waals surface area contributed by atoms with Crippen molar-refractivity contribution in [3.8, 4) is 17.2 Å². The van der Waals surface area contributed by atoms with Crippen molar-refractivity contribution >= 4 is 24.8 Å². The number of aromatic hydroxyl groups is 3. The van der Waals surface area contributed by atoms with Crippen LogP contribution in [0.2, 0.25) is 0 Å². The number of phenolic OH excluding ortho intramolecular Hbond substituents is 3. The van der Waals surface area contributed by atoms with Crippen molar-refractivity contribution in [2.45, 2.75) is 12.5 Å². The molecule has 1 atom stereocenters. The Kier molecular flexibility index (Phi) is 8.02. The molecule has 1 saturated heterocycles. The highest BCUT2D eigenvalue weighted by molar-refractivity contribution is 5.85. The van der Waals surface area contributed by atoms with Gasteiger partial charge in [-0.3, -0.25) is 4.90 Å². The number of phenols is 3. The Balaban J connectivity index is 0.00000200. The maximum absolute atomic E-state index is 13.3. The normalized spacial score (nSPS) is 16.9. The van der Waals surface area contributed by atoms with Crippen molar-refractivity contribution < 1.29 is 24.1 Å². The maximum atomic E-state index is 13.3. The Labute approximate surface area is 133 Å². The first-order chi connectivity index (χ1) is 9.00. The lowest BCUT2D eigenvalue weighted by atomic mass is 10.0. The molecule has 1 fully saturated rings. The number of hydrogen-bond donors (Lipinski definition) is 4. The SMILES string of the molecule is Cl.Cl.Oc1cc(O)c([C@H](C(F)F)N2CCNCC2)c(O)c1. The molecule has 122 valence electrons. The van der Waals surface area contributed by atoms with Crippen molar-refractivity contribution in [1.29, 1.82) is 0 Å². The molecular formula is C12H18Cl2F2N2O3. The minimum Gasteiger partial charge on any atom is -0.508 e. The Morgan fingerprint density at radius 3 is 1.90 bits per heavy atom. The van der Waals surface area contributed by atoms with Crippen LogP contribution >= 0.6 is 24.8 Å². The molecule has 0 aromatic heterocycles. The maximum Gasteiger partial charge on any atom is 0.258 e. The first kappa shape index (κ1) is 20.0. The average Bonchev–Trinajstić information content (AvgIpc) is 2.34. The molecule has 0 bridgehead atoms. The van der Waals surface area contributed by atoms with Gasteiger partial charge in [0.05, 0.1) is 5.56 Å². The first-order valence-corrected chi connectivity index (χ1v) is 5.98. The van der Waals surface area contributed by atoms with Crippen LogP contribution in [0.1, 0.15) is 11.6 Å². The second-order valence-corrected chi connectivity index (χ2v) is 4.46. The van der Waals surface area contributed by atoms with Crippen LogP contribution in [0.3, 0.4) is 0 Å². The van der Waals surface area contributed by atoms with Gasteiger partial charge in [-0.15, -0.1) is 24.8 Å². The molecule has 9 heteroatoms. The topological polar surface area (TPSA) is 76.0 Å². The summed E-state index contributed by atoms with van der Waals surface area (Å²) in [6.45, 7) is 1.94. The van der Waals surface area contributed by atoms with Gasteiger partial charge in [-0.2, -0.15) is 0 Å². The van der Waals surface area contributed by atoms with Crippen molar-refractivity contribution in [3.05, 3.63) is 17.7 Å². The van der Waals surface area contributed by atoms with E-state index in [1.807, 2.05) is 0 Å². The number of halogens is 4. The third-order valence-electron chi connectivity index (χ3n) is 3.20. The molecular weight excluding hydrogens is 329 g/mol. The quantitative estimate of drug-likeness (QED) is 0.672. The Hall–Kier alpha value is -1.02. The van der Waals surface area contributed by atoms with Crippen molar-refractivity contribution in [3.63, 3.8) is 0 Å². The summed E-state index contributed by atoms with van der Waals surface area (Å²) in [7, 11) is 0. The number of benzene rings is 1. The predicted molar refractivity (Wildman–Crippen MR) is 79.1 cm³/mol. The molecule has 21 heavy (non-hydrogen) atoms. The highest BCUT2D eigenvalue weighted by Gasteiger charge is 2.34. The number of rotatable bonds is 3. The van der Waals surface area contributed by atoms with E-state index in [2.05, 4.69) is 5.32 Å². The largest absolute Gasteiger partial charge is 0.508 e. The van der Waals surface area contributed by atoms with Crippen LogP contribution in [0, 0.1) is 0 Å². The third-order valence-corrected chi connectivity index (χ3v) is 3.20. The number of nitrogens with one attached hydrogen (secondary N) is 1. The summed E-state index contributed by atoms with van der Waals surface area (Å²) in [5, 5.41) is 31.7. The zero-order valence-electron chi connectivity index (χ0n) is 11.0. The molecule has 0 spiro atoms. The van der Waals surface area contributed by atoms with E-state index in [1.165, 1.54) is 4.90 Å². The van der Waals surface area contributed by atoms with E-state index in [1.54, 1.807) is 0 Å². The summed E-state index contributed by atoms with van der Waals surface area (Å²) in [5.41, 5.74) is -0.241. The van der Waals surface area contributed by atoms with Gasteiger partial charge in [-0.05, 0) is 0 Å². The zero-order valence-corrected chi connectivity index (χ0v) is 12.6. The van der Waals surface area contributed by atoms with Crippen LogP contribution in [0.25, 0.3) is 0 Å². The minimum atomic E-state index is -2.75. The molecule has 1 aliphatic heterocycles. The summed E-state index contributed by atoms with van der Waals surface area (Å²) in [6, 6.07) is 0.516. The fourth-order valence-electron chi connectivity index (χ4n) is 2.34. The second kappa shape index (κ2) is 8.43. The number of hydrogen-bond acceptors (Lipinski definition) is 5. The lowest BCUT2D eigenvalue weighted by molar-refractivity contribution is 0.0158. The van der Waals surface area contributed by atoms with Gasteiger partial charge >= 0.3 is 0 Å². The molecule has 1 aromatic carbocycles. The van der Waals surface area contributed by atoms with E-state index in [0.29, 0.717) is 26.2 Å². The van der Waals surface area contributed by atoms with Gasteiger partial charge in [-0.25, -0.2) is 8.78 Å². The molecule has 0 unspecified atom stereocenters. The fraction of sp³-hybridized carbons (Fsp3) is 0.500. The summed E-state index contributed by atoms with van der Waals surface area (Å²) < 4.78 is 26.6. The number of alkyl halides is 2. The Morgan fingerprint density at radius 2 is 1.48 bits per heavy atom. The van der Waals surface area contributed by atoms with Gasteiger partial charge < -0.3 is 20.6 Å². The predicted octanol–water partition coefficient (Wildman–Crippen LogP) is 1.86. The van der Waals surface area contributed by atoms with Crippen LogP contribution in [-0.2, 0) is 0 Å². The van der Waals surface area contributed by atoms with E-state index in [0.717, 1.165) is 12.1 Å². The van der Waals surface area contributed by atoms with Crippen LogP contribution in [-0.4, -0.2) is 52.8 Å². The van der Waals surface area contributed by atoms with Crippen molar-refractivity contribution in [1.82, 2.24) is 10.2 Å².